The first-order valence-corrected chi connectivity index (χ1v) is 9.39. The Bertz CT molecular complexity index is 780. The molecule has 0 unspecified atom stereocenters. The molecule has 1 saturated heterocycles. The van der Waals surface area contributed by atoms with Crippen LogP contribution in [0.3, 0.4) is 0 Å². The van der Waals surface area contributed by atoms with Gasteiger partial charge in [0.2, 0.25) is 0 Å². The zero-order valence-electron chi connectivity index (χ0n) is 15.9. The number of ether oxygens (including phenoxy) is 2. The molecule has 6 heteroatoms. The molecule has 1 N–H and O–H groups in total. The smallest absolute Gasteiger partial charge is 0.410 e. The molecule has 1 aliphatic heterocycles. The third-order valence-corrected chi connectivity index (χ3v) is 4.92. The molecular weight excluding hydrogens is 358 g/mol. The summed E-state index contributed by atoms with van der Waals surface area (Å²) < 4.78 is 11.0. The van der Waals surface area contributed by atoms with E-state index in [-0.39, 0.29) is 13.2 Å². The number of aliphatic hydroxyl groups is 1. The summed E-state index contributed by atoms with van der Waals surface area (Å²) in [5.41, 5.74) is 1.90. The molecule has 0 saturated carbocycles. The maximum atomic E-state index is 12.9. The van der Waals surface area contributed by atoms with Crippen LogP contribution in [-0.2, 0) is 27.3 Å². The van der Waals surface area contributed by atoms with Gasteiger partial charge in [0.15, 0.2) is 0 Å². The molecule has 0 radical (unpaired) electrons. The van der Waals surface area contributed by atoms with E-state index in [2.05, 4.69) is 0 Å². The van der Waals surface area contributed by atoms with Crippen molar-refractivity contribution in [3.63, 3.8) is 0 Å². The zero-order valence-corrected chi connectivity index (χ0v) is 15.9. The van der Waals surface area contributed by atoms with E-state index in [1.54, 1.807) is 0 Å². The number of esters is 1. The lowest BCUT2D eigenvalue weighted by Crippen LogP contribution is -2.46. The Morgan fingerprint density at radius 2 is 1.64 bits per heavy atom. The fraction of sp³-hybridized carbons (Fsp3) is 0.364. The van der Waals surface area contributed by atoms with Gasteiger partial charge in [-0.1, -0.05) is 60.7 Å². The number of likely N-dealkylation sites (tertiary alicyclic amines) is 1. The lowest BCUT2D eigenvalue weighted by Gasteiger charge is -2.30. The standard InChI is InChI=1S/C22H25NO5/c1-16(25)28-21-13-19(14-24)23(20(21)12-17-8-4-2-5-9-17)22(26)27-15-18-10-6-3-7-11-18/h2-11,19-21,24H,12-15H2,1H3/t19-,20-,21-/m0/s1. The van der Waals surface area contributed by atoms with E-state index < -0.39 is 30.3 Å². The Balaban J connectivity index is 1.78. The van der Waals surface area contributed by atoms with Crippen LogP contribution in [0.5, 0.6) is 0 Å². The number of carbonyl (C=O) groups is 2. The van der Waals surface area contributed by atoms with Crippen molar-refractivity contribution in [1.29, 1.82) is 0 Å². The predicted octanol–water partition coefficient (Wildman–Crippen LogP) is 2.93. The predicted molar refractivity (Wildman–Crippen MR) is 103 cm³/mol. The van der Waals surface area contributed by atoms with Crippen LogP contribution in [0.1, 0.15) is 24.5 Å². The summed E-state index contributed by atoms with van der Waals surface area (Å²) in [7, 11) is 0. The van der Waals surface area contributed by atoms with Crippen LogP contribution >= 0.6 is 0 Å². The summed E-state index contributed by atoms with van der Waals surface area (Å²) in [6, 6.07) is 18.3. The molecule has 0 bridgehead atoms. The van der Waals surface area contributed by atoms with E-state index in [0.29, 0.717) is 12.8 Å². The normalized spacial score (nSPS) is 21.4. The summed E-state index contributed by atoms with van der Waals surface area (Å²) in [5.74, 6) is -0.403. The van der Waals surface area contributed by atoms with Crippen LogP contribution in [-0.4, -0.2) is 46.9 Å². The summed E-state index contributed by atoms with van der Waals surface area (Å²) in [4.78, 5) is 26.0. The van der Waals surface area contributed by atoms with E-state index in [1.807, 2.05) is 60.7 Å². The summed E-state index contributed by atoms with van der Waals surface area (Å²) in [5, 5.41) is 9.82. The van der Waals surface area contributed by atoms with E-state index in [0.717, 1.165) is 11.1 Å². The monoisotopic (exact) mass is 383 g/mol. The number of hydrogen-bond acceptors (Lipinski definition) is 5. The average Bonchev–Trinajstić information content (AvgIpc) is 3.04. The van der Waals surface area contributed by atoms with E-state index in [1.165, 1.54) is 11.8 Å². The molecule has 2 aromatic carbocycles. The summed E-state index contributed by atoms with van der Waals surface area (Å²) in [6.07, 6.45) is -0.110. The van der Waals surface area contributed by atoms with Gasteiger partial charge in [-0.15, -0.1) is 0 Å². The average molecular weight is 383 g/mol. The fourth-order valence-electron chi connectivity index (χ4n) is 3.65. The number of carbonyl (C=O) groups excluding carboxylic acids is 2. The Labute approximate surface area is 164 Å². The molecule has 2 aromatic rings. The molecule has 3 rings (SSSR count). The first kappa shape index (κ1) is 19.9. The van der Waals surface area contributed by atoms with Crippen molar-refractivity contribution in [2.24, 2.45) is 0 Å². The molecule has 0 aromatic heterocycles. The van der Waals surface area contributed by atoms with Gasteiger partial charge in [-0.05, 0) is 17.5 Å². The van der Waals surface area contributed by atoms with Gasteiger partial charge in [0.1, 0.15) is 12.7 Å². The molecule has 6 nitrogen and oxygen atoms in total. The molecule has 0 spiro atoms. The van der Waals surface area contributed by atoms with Gasteiger partial charge in [-0.3, -0.25) is 9.69 Å². The quantitative estimate of drug-likeness (QED) is 0.776. The minimum Gasteiger partial charge on any atom is -0.460 e. The zero-order chi connectivity index (χ0) is 19.9. The Hall–Kier alpha value is -2.86. The highest BCUT2D eigenvalue weighted by atomic mass is 16.6. The number of benzene rings is 2. The van der Waals surface area contributed by atoms with Gasteiger partial charge in [0.05, 0.1) is 18.7 Å². The topological polar surface area (TPSA) is 76.1 Å². The molecule has 28 heavy (non-hydrogen) atoms. The van der Waals surface area contributed by atoms with Crippen LogP contribution < -0.4 is 0 Å². The molecule has 148 valence electrons. The van der Waals surface area contributed by atoms with Crippen molar-refractivity contribution in [1.82, 2.24) is 4.90 Å². The van der Waals surface area contributed by atoms with Crippen molar-refractivity contribution >= 4 is 12.1 Å². The van der Waals surface area contributed by atoms with Gasteiger partial charge in [0.25, 0.3) is 0 Å². The van der Waals surface area contributed by atoms with Gasteiger partial charge in [0, 0.05) is 13.3 Å². The van der Waals surface area contributed by atoms with Crippen LogP contribution in [0.15, 0.2) is 60.7 Å². The molecule has 1 aliphatic rings. The van der Waals surface area contributed by atoms with Crippen LogP contribution in [0.4, 0.5) is 4.79 Å². The number of aliphatic hydroxyl groups excluding tert-OH is 1. The minimum absolute atomic E-state index is 0.143. The van der Waals surface area contributed by atoms with Crippen LogP contribution in [0, 0.1) is 0 Å². The fourth-order valence-corrected chi connectivity index (χ4v) is 3.65. The minimum atomic E-state index is -0.515. The second-order valence-corrected chi connectivity index (χ2v) is 6.92. The number of rotatable bonds is 6. The molecule has 3 atom stereocenters. The highest BCUT2D eigenvalue weighted by Gasteiger charge is 2.46. The van der Waals surface area contributed by atoms with Crippen molar-refractivity contribution < 1.29 is 24.2 Å². The SMILES string of the molecule is CC(=O)O[C@H]1C[C@@H](CO)N(C(=O)OCc2ccccc2)[C@H]1Cc1ccccc1. The van der Waals surface area contributed by atoms with Crippen molar-refractivity contribution in [3.05, 3.63) is 71.8 Å². The number of nitrogens with zero attached hydrogens (tertiary/aromatic N) is 1. The molecular formula is C22H25NO5. The van der Waals surface area contributed by atoms with Crippen LogP contribution in [0.2, 0.25) is 0 Å². The first-order chi connectivity index (χ1) is 13.6. The highest BCUT2D eigenvalue weighted by molar-refractivity contribution is 5.70. The molecule has 1 heterocycles. The first-order valence-electron chi connectivity index (χ1n) is 9.39. The molecule has 1 fully saturated rings. The molecule has 0 aliphatic carbocycles. The van der Waals surface area contributed by atoms with Crippen molar-refractivity contribution in [3.8, 4) is 0 Å². The lowest BCUT2D eigenvalue weighted by molar-refractivity contribution is -0.147. The number of amides is 1. The van der Waals surface area contributed by atoms with Gasteiger partial charge >= 0.3 is 12.1 Å². The van der Waals surface area contributed by atoms with Gasteiger partial charge in [-0.2, -0.15) is 0 Å². The third-order valence-electron chi connectivity index (χ3n) is 4.92. The van der Waals surface area contributed by atoms with Gasteiger partial charge in [-0.25, -0.2) is 4.79 Å². The Kier molecular flexibility index (Phi) is 6.66. The second kappa shape index (κ2) is 9.37. The molecule has 1 amide bonds. The maximum absolute atomic E-state index is 12.9. The largest absolute Gasteiger partial charge is 0.460 e. The highest BCUT2D eigenvalue weighted by Crippen LogP contribution is 2.30. The summed E-state index contributed by atoms with van der Waals surface area (Å²) in [6.45, 7) is 1.28. The van der Waals surface area contributed by atoms with E-state index in [4.69, 9.17) is 9.47 Å². The Morgan fingerprint density at radius 1 is 1.04 bits per heavy atom. The second-order valence-electron chi connectivity index (χ2n) is 6.92. The summed E-state index contributed by atoms with van der Waals surface area (Å²) >= 11 is 0. The number of hydrogen-bond donors (Lipinski definition) is 1. The Morgan fingerprint density at radius 3 is 2.21 bits per heavy atom. The van der Waals surface area contributed by atoms with Crippen LogP contribution in [0.25, 0.3) is 0 Å². The third kappa shape index (κ3) is 4.89. The van der Waals surface area contributed by atoms with Gasteiger partial charge < -0.3 is 14.6 Å². The maximum Gasteiger partial charge on any atom is 0.410 e. The van der Waals surface area contributed by atoms with E-state index >= 15 is 0 Å². The van der Waals surface area contributed by atoms with E-state index in [9.17, 15) is 14.7 Å². The lowest BCUT2D eigenvalue weighted by atomic mass is 10.0. The van der Waals surface area contributed by atoms with Crippen molar-refractivity contribution in [2.75, 3.05) is 6.61 Å². The van der Waals surface area contributed by atoms with Crippen molar-refractivity contribution in [2.45, 2.75) is 44.6 Å².